The average molecular weight is 252 g/mol. The Balaban J connectivity index is 1.78. The zero-order chi connectivity index (χ0) is 12.9. The largest absolute Gasteiger partial charge is 0.316 e. The molecule has 2 atom stereocenters. The molecule has 0 radical (unpaired) electrons. The first-order valence-corrected chi connectivity index (χ1v) is 7.08. The molecule has 1 N–H and O–H groups in total. The van der Waals surface area contributed by atoms with E-state index >= 15 is 0 Å². The van der Waals surface area contributed by atoms with Crippen LogP contribution < -0.4 is 5.32 Å². The van der Waals surface area contributed by atoms with Crippen LogP contribution in [-0.4, -0.2) is 18.1 Å². The first kappa shape index (κ1) is 12.4. The molecule has 1 fully saturated rings. The molecule has 1 saturated heterocycles. The second-order valence-electron chi connectivity index (χ2n) is 5.34. The summed E-state index contributed by atoms with van der Waals surface area (Å²) in [7, 11) is 0. The lowest BCUT2D eigenvalue weighted by Gasteiger charge is -2.32. The molecule has 0 saturated carbocycles. The van der Waals surface area contributed by atoms with Gasteiger partial charge in [-0.3, -0.25) is 4.98 Å². The minimum absolute atomic E-state index is 0.634. The van der Waals surface area contributed by atoms with E-state index in [1.54, 1.807) is 0 Å². The summed E-state index contributed by atoms with van der Waals surface area (Å²) in [6.45, 7) is 2.22. The highest BCUT2D eigenvalue weighted by atomic mass is 14.9. The summed E-state index contributed by atoms with van der Waals surface area (Å²) >= 11 is 0. The maximum Gasteiger partial charge on any atom is 0.0302 e. The van der Waals surface area contributed by atoms with Crippen LogP contribution in [0, 0.1) is 5.92 Å². The summed E-state index contributed by atoms with van der Waals surface area (Å²) in [5.74, 6) is 1.30. The molecule has 98 valence electrons. The Morgan fingerprint density at radius 2 is 2.00 bits per heavy atom. The van der Waals surface area contributed by atoms with Crippen molar-refractivity contribution in [2.24, 2.45) is 5.92 Å². The lowest BCUT2D eigenvalue weighted by molar-refractivity contribution is 0.323. The molecule has 0 bridgehead atoms. The summed E-state index contributed by atoms with van der Waals surface area (Å²) in [6, 6.07) is 15.1. The van der Waals surface area contributed by atoms with Crippen molar-refractivity contribution in [2.75, 3.05) is 13.1 Å². The van der Waals surface area contributed by atoms with Crippen LogP contribution in [0.2, 0.25) is 0 Å². The van der Waals surface area contributed by atoms with E-state index in [4.69, 9.17) is 0 Å². The quantitative estimate of drug-likeness (QED) is 0.908. The number of benzene rings is 1. The molecule has 1 aliphatic heterocycles. The zero-order valence-electron chi connectivity index (χ0n) is 11.1. The van der Waals surface area contributed by atoms with Crippen molar-refractivity contribution in [2.45, 2.75) is 18.8 Å². The maximum absolute atomic E-state index is 4.28. The third kappa shape index (κ3) is 3.02. The van der Waals surface area contributed by atoms with E-state index in [1.807, 2.05) is 12.4 Å². The van der Waals surface area contributed by atoms with Crippen molar-refractivity contribution in [3.63, 3.8) is 0 Å². The second kappa shape index (κ2) is 5.98. The third-order valence-electron chi connectivity index (χ3n) is 4.06. The molecular weight excluding hydrogens is 232 g/mol. The van der Waals surface area contributed by atoms with Gasteiger partial charge in [0.25, 0.3) is 0 Å². The number of nitrogens with one attached hydrogen (secondary N) is 1. The lowest BCUT2D eigenvalue weighted by atomic mass is 9.78. The van der Waals surface area contributed by atoms with Gasteiger partial charge in [0, 0.05) is 12.4 Å². The van der Waals surface area contributed by atoms with Crippen LogP contribution in [-0.2, 0) is 6.42 Å². The Kier molecular flexibility index (Phi) is 3.89. The van der Waals surface area contributed by atoms with Crippen molar-refractivity contribution in [3.8, 4) is 0 Å². The molecule has 2 heterocycles. The number of rotatable bonds is 3. The molecule has 2 aromatic rings. The molecular formula is C17H20N2. The first-order valence-electron chi connectivity index (χ1n) is 7.08. The van der Waals surface area contributed by atoms with Crippen LogP contribution in [0.1, 0.15) is 23.5 Å². The van der Waals surface area contributed by atoms with E-state index in [0.717, 1.165) is 19.5 Å². The molecule has 0 aliphatic carbocycles. The molecule has 3 rings (SSSR count). The minimum atomic E-state index is 0.634. The highest BCUT2D eigenvalue weighted by Crippen LogP contribution is 2.32. The molecule has 0 amide bonds. The van der Waals surface area contributed by atoms with E-state index in [1.165, 1.54) is 17.5 Å². The van der Waals surface area contributed by atoms with Gasteiger partial charge in [0.15, 0.2) is 0 Å². The summed E-state index contributed by atoms with van der Waals surface area (Å²) in [4.78, 5) is 4.28. The monoisotopic (exact) mass is 252 g/mol. The smallest absolute Gasteiger partial charge is 0.0302 e. The van der Waals surface area contributed by atoms with Crippen LogP contribution in [0.4, 0.5) is 0 Å². The second-order valence-corrected chi connectivity index (χ2v) is 5.34. The molecule has 2 nitrogen and oxygen atoms in total. The Morgan fingerprint density at radius 1 is 1.11 bits per heavy atom. The normalized spacial score (nSPS) is 23.2. The van der Waals surface area contributed by atoms with Crippen LogP contribution in [0.5, 0.6) is 0 Å². The van der Waals surface area contributed by atoms with Crippen molar-refractivity contribution >= 4 is 0 Å². The number of aromatic nitrogens is 1. The van der Waals surface area contributed by atoms with E-state index in [9.17, 15) is 0 Å². The summed E-state index contributed by atoms with van der Waals surface area (Å²) in [5, 5.41) is 3.53. The van der Waals surface area contributed by atoms with Gasteiger partial charge < -0.3 is 5.32 Å². The van der Waals surface area contributed by atoms with Gasteiger partial charge in [-0.05, 0) is 55.0 Å². The molecule has 19 heavy (non-hydrogen) atoms. The van der Waals surface area contributed by atoms with Crippen molar-refractivity contribution in [1.82, 2.24) is 10.3 Å². The summed E-state index contributed by atoms with van der Waals surface area (Å²) in [5.41, 5.74) is 2.83. The van der Waals surface area contributed by atoms with Crippen molar-refractivity contribution in [1.29, 1.82) is 0 Å². The fraction of sp³-hybridized carbons (Fsp3) is 0.353. The topological polar surface area (TPSA) is 24.9 Å². The average Bonchev–Trinajstić information content (AvgIpc) is 2.50. The van der Waals surface area contributed by atoms with Gasteiger partial charge in [0.2, 0.25) is 0 Å². The Bertz CT molecular complexity index is 495. The maximum atomic E-state index is 4.28. The van der Waals surface area contributed by atoms with Crippen LogP contribution in [0.25, 0.3) is 0 Å². The van der Waals surface area contributed by atoms with Gasteiger partial charge in [0.1, 0.15) is 0 Å². The Labute approximate surface area is 114 Å². The predicted molar refractivity (Wildman–Crippen MR) is 78.1 cm³/mol. The predicted octanol–water partition coefficient (Wildman–Crippen LogP) is 3.02. The van der Waals surface area contributed by atoms with Crippen LogP contribution in [0.3, 0.4) is 0 Å². The van der Waals surface area contributed by atoms with Crippen LogP contribution in [0.15, 0.2) is 54.9 Å². The van der Waals surface area contributed by atoms with Gasteiger partial charge in [-0.1, -0.05) is 36.4 Å². The molecule has 1 aromatic heterocycles. The number of hydrogen-bond donors (Lipinski definition) is 1. The van der Waals surface area contributed by atoms with E-state index in [2.05, 4.69) is 52.8 Å². The van der Waals surface area contributed by atoms with Gasteiger partial charge in [0.05, 0.1) is 0 Å². The number of nitrogens with zero attached hydrogens (tertiary/aromatic N) is 1. The summed E-state index contributed by atoms with van der Waals surface area (Å²) < 4.78 is 0. The third-order valence-corrected chi connectivity index (χ3v) is 4.06. The minimum Gasteiger partial charge on any atom is -0.316 e. The van der Waals surface area contributed by atoms with Crippen molar-refractivity contribution in [3.05, 3.63) is 66.0 Å². The highest BCUT2D eigenvalue weighted by Gasteiger charge is 2.26. The highest BCUT2D eigenvalue weighted by molar-refractivity contribution is 5.21. The van der Waals surface area contributed by atoms with E-state index in [-0.39, 0.29) is 0 Å². The number of pyridine rings is 1. The first-order chi connectivity index (χ1) is 9.43. The van der Waals surface area contributed by atoms with Crippen molar-refractivity contribution < 1.29 is 0 Å². The number of piperidine rings is 1. The van der Waals surface area contributed by atoms with Crippen LogP contribution >= 0.6 is 0 Å². The fourth-order valence-corrected chi connectivity index (χ4v) is 3.09. The fourth-order valence-electron chi connectivity index (χ4n) is 3.09. The molecule has 1 aromatic carbocycles. The van der Waals surface area contributed by atoms with Gasteiger partial charge in [-0.25, -0.2) is 0 Å². The van der Waals surface area contributed by atoms with Gasteiger partial charge in [-0.15, -0.1) is 0 Å². The van der Waals surface area contributed by atoms with E-state index in [0.29, 0.717) is 11.8 Å². The molecule has 2 heteroatoms. The lowest BCUT2D eigenvalue weighted by Crippen LogP contribution is -2.36. The Morgan fingerprint density at radius 3 is 2.79 bits per heavy atom. The SMILES string of the molecule is c1ccc(CC2CNCCC2c2cccnc2)cc1. The summed E-state index contributed by atoms with van der Waals surface area (Å²) in [6.07, 6.45) is 6.25. The zero-order valence-corrected chi connectivity index (χ0v) is 11.1. The molecule has 0 spiro atoms. The van der Waals surface area contributed by atoms with Gasteiger partial charge >= 0.3 is 0 Å². The van der Waals surface area contributed by atoms with Gasteiger partial charge in [-0.2, -0.15) is 0 Å². The standard InChI is InChI=1S/C17H20N2/c1-2-5-14(6-3-1)11-16-13-19-10-8-17(16)15-7-4-9-18-12-15/h1-7,9,12,16-17,19H,8,10-11,13H2. The number of hydrogen-bond acceptors (Lipinski definition) is 2. The molecule has 2 unspecified atom stereocenters. The molecule has 1 aliphatic rings. The van der Waals surface area contributed by atoms with E-state index < -0.39 is 0 Å². The Hall–Kier alpha value is -1.67.